The van der Waals surface area contributed by atoms with Gasteiger partial charge in [-0.15, -0.1) is 0 Å². The second-order valence-corrected chi connectivity index (χ2v) is 36.2. The smallest absolute Gasteiger partial charge is 0.437 e. The molecule has 0 heterocycles. The van der Waals surface area contributed by atoms with Crippen molar-refractivity contribution in [1.82, 2.24) is 5.32 Å². The van der Waals surface area contributed by atoms with E-state index in [1.807, 2.05) is 20.6 Å². The van der Waals surface area contributed by atoms with Gasteiger partial charge in [0.25, 0.3) is 0 Å². The van der Waals surface area contributed by atoms with Crippen LogP contribution in [0, 0.1) is 0 Å². The first-order chi connectivity index (χ1) is 29.2. The zero-order valence-corrected chi connectivity index (χ0v) is 44.4. The van der Waals surface area contributed by atoms with Crippen molar-refractivity contribution in [1.29, 1.82) is 0 Å². The molecule has 0 spiro atoms. The van der Waals surface area contributed by atoms with Gasteiger partial charge >= 0.3 is 73.3 Å². The number of alkyl halides is 17. The minimum absolute atomic E-state index is 0.0196. The Morgan fingerprint density at radius 1 is 0.561 bits per heavy atom. The van der Waals surface area contributed by atoms with E-state index in [1.165, 1.54) is 6.92 Å². The van der Waals surface area contributed by atoms with Gasteiger partial charge in [0.15, 0.2) is 16.6 Å². The standard InChI is InChI=1S/C13H13F17O3Si.C10H23NO3Si.C10H28O2Si3.CH2O/c1-32-34(5-31,33-2)4-3-6(14,15)7(16,17)8(18,19)9(20,21)10(22,23)11(24,25)12(26,27)13(28,29)30;1-5-13-15(4,14-6-2)9-7-8-11-10(3)12;1-9-10-15(8,11-13(2,3)4)12-14(5,6)7;1-2/h31H,3-5H2,1-2H3;5-9H2,1-4H3,(H,11,12);9-10H2,1-8H3;1H2. The van der Waals surface area contributed by atoms with Crippen LogP contribution in [0.2, 0.25) is 70.5 Å². The fraction of sp³-hybridized carbons (Fsp3) is 0.941. The zero-order valence-electron chi connectivity index (χ0n) is 39.4. The first kappa shape index (κ1) is 71.3. The highest BCUT2D eigenvalue weighted by atomic mass is 28.5. The fourth-order valence-corrected chi connectivity index (χ4v) is 22.3. The number of nitrogens with one attached hydrogen (secondary N) is 1. The van der Waals surface area contributed by atoms with E-state index in [1.54, 1.807) is 0 Å². The molecule has 0 radical (unpaired) electrons. The van der Waals surface area contributed by atoms with Crippen LogP contribution in [0.25, 0.3) is 0 Å². The van der Waals surface area contributed by atoms with Crippen LogP contribution in [-0.2, 0) is 35.5 Å². The van der Waals surface area contributed by atoms with Crippen LogP contribution in [0.5, 0.6) is 0 Å². The van der Waals surface area contributed by atoms with Gasteiger partial charge in [-0.2, -0.15) is 74.6 Å². The average molecular weight is 1100 g/mol. The van der Waals surface area contributed by atoms with E-state index in [0.717, 1.165) is 24.9 Å². The molecule has 0 aliphatic rings. The molecule has 0 bridgehead atoms. The molecule has 0 unspecified atom stereocenters. The molecule has 0 atom stereocenters. The molecule has 2 N–H and O–H groups in total. The first-order valence-electron chi connectivity index (χ1n) is 19.8. The molecule has 0 aliphatic carbocycles. The Labute approximate surface area is 380 Å². The number of hydrogen-bond donors (Lipinski definition) is 2. The lowest BCUT2D eigenvalue weighted by Crippen LogP contribution is -2.74. The third-order valence-electron chi connectivity index (χ3n) is 8.42. The van der Waals surface area contributed by atoms with Gasteiger partial charge in [-0.25, -0.2) is 0 Å². The summed E-state index contributed by atoms with van der Waals surface area (Å²) < 4.78 is 256. The summed E-state index contributed by atoms with van der Waals surface area (Å²) in [6.07, 6.45) is -9.75. The minimum atomic E-state index is -8.66. The third-order valence-corrected chi connectivity index (χ3v) is 24.2. The Bertz CT molecular complexity index is 1380. The van der Waals surface area contributed by atoms with Crippen LogP contribution in [0.1, 0.15) is 47.0 Å². The van der Waals surface area contributed by atoms with Gasteiger partial charge < -0.3 is 41.2 Å². The van der Waals surface area contributed by atoms with E-state index in [0.29, 0.717) is 34.0 Å². The Hall–Kier alpha value is -1.25. The Balaban J connectivity index is -0.000000495. The largest absolute Gasteiger partial charge is 0.460 e. The van der Waals surface area contributed by atoms with Crippen molar-refractivity contribution in [2.75, 3.05) is 40.2 Å². The van der Waals surface area contributed by atoms with Crippen LogP contribution in [-0.4, -0.2) is 148 Å². The first-order valence-corrected chi connectivity index (χ1v) is 33.9. The van der Waals surface area contributed by atoms with Gasteiger partial charge in [0.05, 0.1) is 6.23 Å². The molecule has 0 aromatic carbocycles. The maximum Gasteiger partial charge on any atom is 0.460 e. The van der Waals surface area contributed by atoms with Crippen molar-refractivity contribution in [2.45, 2.75) is 165 Å². The summed E-state index contributed by atoms with van der Waals surface area (Å²) in [6.45, 7) is 29.6. The summed E-state index contributed by atoms with van der Waals surface area (Å²) in [6, 6.07) is 0.427. The predicted octanol–water partition coefficient (Wildman–Crippen LogP) is 11.3. The van der Waals surface area contributed by atoms with E-state index in [-0.39, 0.29) is 5.91 Å². The highest BCUT2D eigenvalue weighted by Crippen LogP contribution is 2.64. The summed E-state index contributed by atoms with van der Waals surface area (Å²) in [4.78, 5) is 18.7. The predicted molar refractivity (Wildman–Crippen MR) is 223 cm³/mol. The topological polar surface area (TPSA) is 122 Å². The van der Waals surface area contributed by atoms with Crippen LogP contribution >= 0.6 is 0 Å². The number of aliphatic hydroxyl groups excluding tert-OH is 1. The summed E-state index contributed by atoms with van der Waals surface area (Å²) in [5.41, 5.74) is 0. The summed E-state index contributed by atoms with van der Waals surface area (Å²) >= 11 is 0. The minimum Gasteiger partial charge on any atom is -0.437 e. The number of aliphatic hydroxyl groups is 1. The van der Waals surface area contributed by atoms with E-state index in [4.69, 9.17) is 27.0 Å². The van der Waals surface area contributed by atoms with Crippen LogP contribution in [0.3, 0.4) is 0 Å². The molecule has 10 nitrogen and oxygen atoms in total. The fourth-order valence-electron chi connectivity index (χ4n) is 5.54. The lowest BCUT2D eigenvalue weighted by atomic mass is 9.88. The van der Waals surface area contributed by atoms with Crippen LogP contribution in [0.15, 0.2) is 0 Å². The quantitative estimate of drug-likeness (QED) is 0.0495. The van der Waals surface area contributed by atoms with Gasteiger partial charge in [-0.05, 0) is 90.8 Å². The monoisotopic (exact) mass is 1100 g/mol. The van der Waals surface area contributed by atoms with E-state index >= 15 is 0 Å². The maximum atomic E-state index is 13.8. The number of amides is 1. The molecular weight excluding hydrogens is 1030 g/mol. The van der Waals surface area contributed by atoms with Gasteiger partial charge in [0.1, 0.15) is 6.79 Å². The molecule has 0 aromatic rings. The molecule has 0 aliphatic heterocycles. The van der Waals surface area contributed by atoms with Crippen molar-refractivity contribution in [3.8, 4) is 0 Å². The molecule has 32 heteroatoms. The lowest BCUT2D eigenvalue weighted by Gasteiger charge is -2.43. The molecule has 0 saturated heterocycles. The number of carbonyl (C=O) groups is 2. The van der Waals surface area contributed by atoms with E-state index in [2.05, 4.69) is 73.5 Å². The lowest BCUT2D eigenvalue weighted by molar-refractivity contribution is -0.461. The molecule has 0 fully saturated rings. The molecule has 1 amide bonds. The van der Waals surface area contributed by atoms with Crippen LogP contribution in [0.4, 0.5) is 74.6 Å². The van der Waals surface area contributed by atoms with E-state index in [9.17, 15) is 79.4 Å². The molecule has 400 valence electrons. The normalized spacial score (nSPS) is 14.3. The molecule has 0 saturated carbocycles. The molecule has 0 aromatic heterocycles. The maximum absolute atomic E-state index is 13.8. The molecule has 66 heavy (non-hydrogen) atoms. The van der Waals surface area contributed by atoms with Gasteiger partial charge in [0.2, 0.25) is 5.91 Å². The summed E-state index contributed by atoms with van der Waals surface area (Å²) in [7, 11) is -9.85. The zero-order chi connectivity index (χ0) is 54.1. The van der Waals surface area contributed by atoms with Crippen molar-refractivity contribution < 1.29 is 115 Å². The second kappa shape index (κ2) is 26.8. The Morgan fingerprint density at radius 3 is 1.18 bits per heavy atom. The number of rotatable bonds is 26. The van der Waals surface area contributed by atoms with Gasteiger partial charge in [-0.1, -0.05) is 13.3 Å². The Morgan fingerprint density at radius 2 is 0.909 bits per heavy atom. The number of halogens is 17. The molecular formula is C34H66F17NO9Si5. The van der Waals surface area contributed by atoms with Crippen molar-refractivity contribution >= 4 is 55.0 Å². The molecule has 0 rings (SSSR count). The van der Waals surface area contributed by atoms with E-state index < -0.39 is 109 Å². The summed E-state index contributed by atoms with van der Waals surface area (Å²) in [5, 5.41) is 11.7. The highest BCUT2D eigenvalue weighted by Gasteiger charge is 2.95. The number of carbonyl (C=O) groups excluding carboxylic acids is 2. The Kier molecular flexibility index (Phi) is 29.0. The second-order valence-electron chi connectivity index (χ2n) is 16.5. The SMILES string of the molecule is C=O.CCC[Si](C)(O[Si](C)(C)C)O[Si](C)(C)C.CCO[Si](C)(CCCNC(C)=O)OCC.CO[Si](CO)(CCC(F)(F)C(F)(F)C(F)(F)C(F)(F)C(F)(F)C(F)(F)C(F)(F)C(F)(F)F)OC. The van der Waals surface area contributed by atoms with Crippen molar-refractivity contribution in [3.63, 3.8) is 0 Å². The highest BCUT2D eigenvalue weighted by molar-refractivity contribution is 6.87. The average Bonchev–Trinajstić information content (AvgIpc) is 3.13. The summed E-state index contributed by atoms with van der Waals surface area (Å²) in [5.74, 6) is -56.6. The van der Waals surface area contributed by atoms with Gasteiger partial charge in [0, 0.05) is 47.3 Å². The van der Waals surface area contributed by atoms with Crippen LogP contribution < -0.4 is 5.32 Å². The van der Waals surface area contributed by atoms with Gasteiger partial charge in [-0.3, -0.25) is 4.79 Å². The number of hydrogen-bond acceptors (Lipinski definition) is 9. The van der Waals surface area contributed by atoms with Crippen molar-refractivity contribution in [3.05, 3.63) is 0 Å². The third kappa shape index (κ3) is 19.9. The van der Waals surface area contributed by atoms with Crippen molar-refractivity contribution in [2.24, 2.45) is 0 Å².